The van der Waals surface area contributed by atoms with Crippen LogP contribution in [0.2, 0.25) is 5.02 Å². The van der Waals surface area contributed by atoms with Gasteiger partial charge in [-0.15, -0.1) is 0 Å². The van der Waals surface area contributed by atoms with Crippen LogP contribution >= 0.6 is 11.6 Å². The lowest BCUT2D eigenvalue weighted by Crippen LogP contribution is -2.56. The normalized spacial score (nSPS) is 24.1. The van der Waals surface area contributed by atoms with E-state index in [1.807, 2.05) is 0 Å². The molecule has 0 bridgehead atoms. The molecule has 0 unspecified atom stereocenters. The molecule has 6 rings (SSSR count). The molecule has 1 aromatic heterocycles. The molecule has 240 valence electrons. The van der Waals surface area contributed by atoms with Crippen molar-refractivity contribution in [1.82, 2.24) is 9.80 Å². The number of para-hydroxylation sites is 1. The summed E-state index contributed by atoms with van der Waals surface area (Å²) in [6, 6.07) is 9.56. The fourth-order valence-electron chi connectivity index (χ4n) is 6.69. The average Bonchev–Trinajstić information content (AvgIpc) is 3.63. The Hall–Kier alpha value is -3.51. The second-order valence-corrected chi connectivity index (χ2v) is 12.7. The van der Waals surface area contributed by atoms with E-state index in [-0.39, 0.29) is 58.8 Å². The molecular formula is C33H37ClFN3O7. The van der Waals surface area contributed by atoms with Crippen molar-refractivity contribution >= 4 is 46.0 Å². The Kier molecular flexibility index (Phi) is 9.41. The number of carbonyl (C=O) groups is 3. The van der Waals surface area contributed by atoms with Crippen molar-refractivity contribution in [2.75, 3.05) is 38.7 Å². The van der Waals surface area contributed by atoms with Gasteiger partial charge < -0.3 is 29.2 Å². The summed E-state index contributed by atoms with van der Waals surface area (Å²) >= 11 is 6.48. The minimum absolute atomic E-state index is 0.0440. The maximum absolute atomic E-state index is 15.4. The van der Waals surface area contributed by atoms with Gasteiger partial charge in [-0.2, -0.15) is 0 Å². The number of likely N-dealkylation sites (tertiary alicyclic amines) is 2. The van der Waals surface area contributed by atoms with Gasteiger partial charge in [0.15, 0.2) is 0 Å². The molecule has 2 amide bonds. The Morgan fingerprint density at radius 3 is 2.58 bits per heavy atom. The van der Waals surface area contributed by atoms with E-state index in [1.165, 1.54) is 12.3 Å². The van der Waals surface area contributed by atoms with Gasteiger partial charge in [-0.05, 0) is 55.9 Å². The lowest BCUT2D eigenvalue weighted by molar-refractivity contribution is -0.144. The van der Waals surface area contributed by atoms with Crippen molar-refractivity contribution in [1.29, 1.82) is 0 Å². The number of hydrogen-bond donors (Lipinski definition) is 2. The third kappa shape index (κ3) is 6.86. The van der Waals surface area contributed by atoms with Crippen LogP contribution < -0.4 is 5.32 Å². The van der Waals surface area contributed by atoms with Gasteiger partial charge in [0.25, 0.3) is 5.91 Å². The van der Waals surface area contributed by atoms with Gasteiger partial charge in [0, 0.05) is 38.2 Å². The van der Waals surface area contributed by atoms with Crippen LogP contribution in [0.15, 0.2) is 47.1 Å². The molecular weight excluding hydrogens is 605 g/mol. The molecule has 3 heterocycles. The monoisotopic (exact) mass is 641 g/mol. The standard InChI is InChI=1S/C33H37ClFN3O7/c1-43-24-15-37(16-24)21-12-22(17-44-23-8-6-19(7-9-23)33(41)42)38(14-21)31(39)11-20-10-27(34)29(13-28(20)35)36-32(40)26-18-45-30-5-3-2-4-25(26)30/h2-5,10,13,18-19,21-24H,6-9,11-12,14-17H2,1H3,(H,36,40)(H,41,42)/t19?,21-,22-,23?/m0/s1. The van der Waals surface area contributed by atoms with Crippen LogP contribution in [0.25, 0.3) is 11.0 Å². The number of halogens is 2. The summed E-state index contributed by atoms with van der Waals surface area (Å²) in [7, 11) is 1.69. The number of carbonyl (C=O) groups excluding carboxylic acids is 2. The molecule has 2 aromatic carbocycles. The first-order chi connectivity index (χ1) is 21.7. The molecule has 3 aliphatic rings. The van der Waals surface area contributed by atoms with Gasteiger partial charge in [0.2, 0.25) is 5.91 Å². The number of anilines is 1. The summed E-state index contributed by atoms with van der Waals surface area (Å²) in [6.45, 7) is 2.42. The molecule has 0 spiro atoms. The third-order valence-electron chi connectivity index (χ3n) is 9.44. The highest BCUT2D eigenvalue weighted by Crippen LogP contribution is 2.32. The fourth-order valence-corrected chi connectivity index (χ4v) is 6.92. The molecule has 2 N–H and O–H groups in total. The van der Waals surface area contributed by atoms with E-state index in [2.05, 4.69) is 10.2 Å². The van der Waals surface area contributed by atoms with Crippen molar-refractivity contribution < 1.29 is 37.8 Å². The number of benzene rings is 2. The van der Waals surface area contributed by atoms with E-state index in [9.17, 15) is 19.5 Å². The van der Waals surface area contributed by atoms with E-state index in [0.717, 1.165) is 25.6 Å². The number of aliphatic carboxylic acids is 1. The van der Waals surface area contributed by atoms with E-state index in [0.29, 0.717) is 55.4 Å². The summed E-state index contributed by atoms with van der Waals surface area (Å²) in [5.74, 6) is -2.46. The van der Waals surface area contributed by atoms with Crippen molar-refractivity contribution in [3.05, 3.63) is 64.6 Å². The zero-order valence-electron chi connectivity index (χ0n) is 25.0. The molecule has 2 aliphatic heterocycles. The van der Waals surface area contributed by atoms with Gasteiger partial charge in [-0.1, -0.05) is 29.8 Å². The second kappa shape index (κ2) is 13.5. The Bertz CT molecular complexity index is 1570. The fraction of sp³-hybridized carbons (Fsp3) is 0.485. The minimum atomic E-state index is -0.762. The quantitative estimate of drug-likeness (QED) is 0.318. The summed E-state index contributed by atoms with van der Waals surface area (Å²) < 4.78 is 32.5. The molecule has 10 nitrogen and oxygen atoms in total. The van der Waals surface area contributed by atoms with Gasteiger partial charge in [-0.25, -0.2) is 4.39 Å². The maximum Gasteiger partial charge on any atom is 0.306 e. The summed E-state index contributed by atoms with van der Waals surface area (Å²) in [5.41, 5.74) is 1.08. The molecule has 2 atom stereocenters. The number of nitrogens with zero attached hydrogens (tertiary/aromatic N) is 2. The maximum atomic E-state index is 15.4. The molecule has 1 saturated carbocycles. The van der Waals surface area contributed by atoms with Gasteiger partial charge in [0.05, 0.1) is 53.5 Å². The predicted octanol–water partition coefficient (Wildman–Crippen LogP) is 4.98. The highest BCUT2D eigenvalue weighted by molar-refractivity contribution is 6.34. The highest BCUT2D eigenvalue weighted by Gasteiger charge is 2.42. The molecule has 2 saturated heterocycles. The number of nitrogens with one attached hydrogen (secondary N) is 1. The zero-order valence-corrected chi connectivity index (χ0v) is 25.8. The van der Waals surface area contributed by atoms with E-state index in [1.54, 1.807) is 36.3 Å². The third-order valence-corrected chi connectivity index (χ3v) is 9.75. The SMILES string of the molecule is COC1CN([C@H]2C[C@@H](COC3CCC(C(=O)O)CC3)N(C(=O)Cc3cc(Cl)c(NC(=O)c4coc5ccccc45)cc3F)C2)C1. The number of fused-ring (bicyclic) bond motifs is 1. The summed E-state index contributed by atoms with van der Waals surface area (Å²) in [6.07, 6.45) is 4.52. The largest absolute Gasteiger partial charge is 0.481 e. The predicted molar refractivity (Wildman–Crippen MR) is 165 cm³/mol. The summed E-state index contributed by atoms with van der Waals surface area (Å²) in [4.78, 5) is 42.0. The minimum Gasteiger partial charge on any atom is -0.481 e. The van der Waals surface area contributed by atoms with Crippen LogP contribution in [0, 0.1) is 11.7 Å². The van der Waals surface area contributed by atoms with Crippen molar-refractivity contribution in [3.63, 3.8) is 0 Å². The Labute approximate surface area is 265 Å². The molecule has 45 heavy (non-hydrogen) atoms. The Morgan fingerprint density at radius 2 is 1.84 bits per heavy atom. The van der Waals surface area contributed by atoms with Crippen LogP contribution in [-0.4, -0.2) is 90.3 Å². The number of carboxylic acids is 1. The van der Waals surface area contributed by atoms with Crippen molar-refractivity contribution in [3.8, 4) is 0 Å². The Morgan fingerprint density at radius 1 is 1.09 bits per heavy atom. The number of methoxy groups -OCH3 is 1. The number of amides is 2. The van der Waals surface area contributed by atoms with Crippen LogP contribution in [-0.2, 0) is 25.5 Å². The zero-order chi connectivity index (χ0) is 31.7. The van der Waals surface area contributed by atoms with E-state index >= 15 is 4.39 Å². The molecule has 3 aromatic rings. The molecule has 0 radical (unpaired) electrons. The number of ether oxygens (including phenoxy) is 2. The second-order valence-electron chi connectivity index (χ2n) is 12.2. The summed E-state index contributed by atoms with van der Waals surface area (Å²) in [5, 5.41) is 12.7. The first-order valence-electron chi connectivity index (χ1n) is 15.4. The molecule has 12 heteroatoms. The number of carboxylic acid groups (broad SMARTS) is 1. The van der Waals surface area contributed by atoms with Crippen LogP contribution in [0.4, 0.5) is 10.1 Å². The topological polar surface area (TPSA) is 122 Å². The molecule has 3 fully saturated rings. The smallest absolute Gasteiger partial charge is 0.306 e. The average molecular weight is 642 g/mol. The number of furan rings is 1. The van der Waals surface area contributed by atoms with Gasteiger partial charge >= 0.3 is 5.97 Å². The molecule has 1 aliphatic carbocycles. The number of hydrogen-bond acceptors (Lipinski definition) is 7. The first kappa shape index (κ1) is 31.5. The van der Waals surface area contributed by atoms with Crippen molar-refractivity contribution in [2.45, 2.75) is 62.8 Å². The van der Waals surface area contributed by atoms with Gasteiger partial charge in [0.1, 0.15) is 17.7 Å². The highest BCUT2D eigenvalue weighted by atomic mass is 35.5. The Balaban J connectivity index is 1.11. The van der Waals surface area contributed by atoms with Crippen LogP contribution in [0.1, 0.15) is 48.0 Å². The lowest BCUT2D eigenvalue weighted by Gasteiger charge is -2.42. The van der Waals surface area contributed by atoms with E-state index in [4.69, 9.17) is 25.5 Å². The number of rotatable bonds is 10. The van der Waals surface area contributed by atoms with Crippen LogP contribution in [0.5, 0.6) is 0 Å². The van der Waals surface area contributed by atoms with Gasteiger partial charge in [-0.3, -0.25) is 19.3 Å². The van der Waals surface area contributed by atoms with Crippen molar-refractivity contribution in [2.24, 2.45) is 5.92 Å². The lowest BCUT2D eigenvalue weighted by atomic mass is 9.87. The van der Waals surface area contributed by atoms with Crippen LogP contribution in [0.3, 0.4) is 0 Å². The first-order valence-corrected chi connectivity index (χ1v) is 15.7. The van der Waals surface area contributed by atoms with E-state index < -0.39 is 17.7 Å².